The molecule has 22 amide bonds. The van der Waals surface area contributed by atoms with Gasteiger partial charge in [-0.3, -0.25) is 102 Å². The lowest BCUT2D eigenvalue weighted by molar-refractivity contribution is -0.161. The molecular weight excluding hydrogens is 1370 g/mol. The number of nitrogens with zero attached hydrogens (tertiary/aromatic N) is 11. The lowest BCUT2D eigenvalue weighted by Gasteiger charge is -2.35. The number of ether oxygens (including phenoxy) is 2. The highest BCUT2D eigenvalue weighted by atomic mass is 19.4. The van der Waals surface area contributed by atoms with Gasteiger partial charge in [0.05, 0.1) is 13.2 Å². The molecule has 0 atom stereocenters. The Morgan fingerprint density at radius 3 is 0.962 bits per heavy atom. The number of rotatable bonds is 38. The largest absolute Gasteiger partial charge is 0.433 e. The minimum absolute atomic E-state index is 0.0153. The predicted octanol–water partition coefficient (Wildman–Crippen LogP) is 10.7. The van der Waals surface area contributed by atoms with Gasteiger partial charge in [-0.15, -0.1) is 0 Å². The monoisotopic (exact) mass is 1480 g/mol. The molecule has 6 fully saturated rings. The van der Waals surface area contributed by atoms with Crippen molar-refractivity contribution in [3.8, 4) is 0 Å². The number of carbonyl (C=O) groups excluding carboxylic acids is 17. The van der Waals surface area contributed by atoms with Crippen LogP contribution in [0, 0.1) is 0 Å². The first-order chi connectivity index (χ1) is 49.0. The number of amides is 22. The summed E-state index contributed by atoms with van der Waals surface area (Å²) >= 11 is 0. The minimum atomic E-state index is -4.66. The summed E-state index contributed by atoms with van der Waals surface area (Å²) in [4.78, 5) is 206. The molecule has 0 aromatic heterocycles. The summed E-state index contributed by atoms with van der Waals surface area (Å²) in [5, 5.41) is 0. The van der Waals surface area contributed by atoms with Gasteiger partial charge in [0.2, 0.25) is 53.3 Å². The topological polar surface area (TPSA) is 344 Å². The van der Waals surface area contributed by atoms with Crippen LogP contribution in [0.3, 0.4) is 0 Å². The molecule has 0 radical (unpaired) electrons. The molecule has 588 valence electrons. The van der Waals surface area contributed by atoms with Gasteiger partial charge in [0.1, 0.15) is 32.2 Å². The Bertz CT molecular complexity index is 2880. The SMILES string of the molecule is CCCCCCCCCCCCN1C(=O)CC(=O)N(CCCCCCCCCCCC)C1=O.CCCCCCCCCCCCOCCN1C(=O)CC(=O)N(C)C1=O.CN1C(=O)C(N2C(=O)OC(C)(C)C2=O)C(=O)N(C)C1=O.CN1C(=O)CC(=O)N(C)C1=O.CN1C(=O)CC(=O)N(CC(F)(F)F)C1=O. The Morgan fingerprint density at radius 1 is 0.346 bits per heavy atom. The van der Waals surface area contributed by atoms with Gasteiger partial charge in [0.25, 0.3) is 17.7 Å². The molecular formula is C71H114F3N11O19. The van der Waals surface area contributed by atoms with Gasteiger partial charge in [-0.1, -0.05) is 194 Å². The van der Waals surface area contributed by atoms with E-state index in [0.29, 0.717) is 45.9 Å². The van der Waals surface area contributed by atoms with E-state index in [-0.39, 0.29) is 48.6 Å². The van der Waals surface area contributed by atoms with E-state index in [0.717, 1.165) is 92.1 Å². The van der Waals surface area contributed by atoms with Crippen molar-refractivity contribution < 1.29 is 104 Å². The van der Waals surface area contributed by atoms with Crippen molar-refractivity contribution in [1.29, 1.82) is 0 Å². The summed E-state index contributed by atoms with van der Waals surface area (Å²) in [6.07, 6.45) is 30.1. The average molecular weight is 1480 g/mol. The van der Waals surface area contributed by atoms with E-state index in [2.05, 4.69) is 20.8 Å². The van der Waals surface area contributed by atoms with Crippen molar-refractivity contribution in [2.24, 2.45) is 0 Å². The first-order valence-corrected chi connectivity index (χ1v) is 36.8. The summed E-state index contributed by atoms with van der Waals surface area (Å²) < 4.78 is 46.2. The number of hydrogen-bond acceptors (Lipinski definition) is 19. The number of carbonyl (C=O) groups is 17. The zero-order valence-electron chi connectivity index (χ0n) is 63.2. The van der Waals surface area contributed by atoms with Gasteiger partial charge < -0.3 is 9.47 Å². The molecule has 30 nitrogen and oxygen atoms in total. The van der Waals surface area contributed by atoms with E-state index >= 15 is 0 Å². The molecule has 104 heavy (non-hydrogen) atoms. The van der Waals surface area contributed by atoms with Crippen molar-refractivity contribution >= 4 is 101 Å². The molecule has 0 N–H and O–H groups in total. The number of alkyl halides is 3. The molecule has 33 heteroatoms. The normalized spacial score (nSPS) is 17.7. The van der Waals surface area contributed by atoms with Gasteiger partial charge in [0, 0.05) is 62.0 Å². The summed E-state index contributed by atoms with van der Waals surface area (Å²) in [5.74, 6) is -7.03. The van der Waals surface area contributed by atoms with Crippen LogP contribution >= 0.6 is 0 Å². The third-order valence-electron chi connectivity index (χ3n) is 18.1. The molecule has 0 saturated carbocycles. The highest BCUT2D eigenvalue weighted by Gasteiger charge is 2.57. The van der Waals surface area contributed by atoms with Gasteiger partial charge in [-0.05, 0) is 33.1 Å². The van der Waals surface area contributed by atoms with Crippen LogP contribution in [-0.4, -0.2) is 255 Å². The molecule has 6 aliphatic rings. The summed E-state index contributed by atoms with van der Waals surface area (Å²) in [6.45, 7) is 9.87. The fraction of sp³-hybridized carbons (Fsp3) is 0.761. The molecule has 0 unspecified atom stereocenters. The van der Waals surface area contributed by atoms with Crippen molar-refractivity contribution in [3.63, 3.8) is 0 Å². The van der Waals surface area contributed by atoms with E-state index < -0.39 is 114 Å². The van der Waals surface area contributed by atoms with Crippen LogP contribution in [0.4, 0.5) is 41.9 Å². The van der Waals surface area contributed by atoms with Gasteiger partial charge in [-0.2, -0.15) is 13.2 Å². The molecule has 0 bridgehead atoms. The smallest absolute Gasteiger partial charge is 0.418 e. The number of halogens is 3. The Kier molecular flexibility index (Phi) is 41.7. The van der Waals surface area contributed by atoms with Crippen LogP contribution in [0.5, 0.6) is 0 Å². The van der Waals surface area contributed by atoms with E-state index in [1.807, 2.05) is 0 Å². The highest BCUT2D eigenvalue weighted by Crippen LogP contribution is 2.29. The molecule has 6 rings (SSSR count). The van der Waals surface area contributed by atoms with E-state index in [9.17, 15) is 94.7 Å². The Hall–Kier alpha value is -8.26. The Balaban J connectivity index is 0.000000461. The number of unbranched alkanes of at least 4 members (excludes halogenated alkanes) is 27. The van der Waals surface area contributed by atoms with Crippen LogP contribution in [0.25, 0.3) is 0 Å². The zero-order chi connectivity index (χ0) is 78.4. The van der Waals surface area contributed by atoms with E-state index in [1.165, 1.54) is 186 Å². The van der Waals surface area contributed by atoms with Crippen LogP contribution in [0.2, 0.25) is 0 Å². The molecule has 0 spiro atoms. The van der Waals surface area contributed by atoms with Crippen molar-refractivity contribution in [2.75, 3.05) is 81.7 Å². The predicted molar refractivity (Wildman–Crippen MR) is 373 cm³/mol. The Labute approximate surface area is 609 Å². The number of urea groups is 5. The number of imide groups is 11. The maximum absolute atomic E-state index is 12.7. The third kappa shape index (κ3) is 30.4. The third-order valence-corrected chi connectivity index (χ3v) is 18.1. The van der Waals surface area contributed by atoms with Crippen LogP contribution in [-0.2, 0) is 62.2 Å². The lowest BCUT2D eigenvalue weighted by atomic mass is 10.1. The molecule has 6 saturated heterocycles. The van der Waals surface area contributed by atoms with E-state index in [1.54, 1.807) is 0 Å². The second kappa shape index (κ2) is 47.2. The number of barbiturate groups is 5. The molecule has 0 aliphatic carbocycles. The van der Waals surface area contributed by atoms with Crippen molar-refractivity contribution in [2.45, 2.75) is 271 Å². The number of cyclic esters (lactones) is 1. The minimum Gasteiger partial charge on any atom is -0.433 e. The maximum atomic E-state index is 12.7. The fourth-order valence-corrected chi connectivity index (χ4v) is 11.4. The lowest BCUT2D eigenvalue weighted by Crippen LogP contribution is -2.66. The molecule has 0 aromatic rings. The van der Waals surface area contributed by atoms with Crippen LogP contribution in [0.15, 0.2) is 0 Å². The zero-order valence-corrected chi connectivity index (χ0v) is 63.2. The Morgan fingerprint density at radius 2 is 0.625 bits per heavy atom. The van der Waals surface area contributed by atoms with Gasteiger partial charge in [-0.25, -0.2) is 33.7 Å². The van der Waals surface area contributed by atoms with E-state index in [4.69, 9.17) is 9.47 Å². The first-order valence-electron chi connectivity index (χ1n) is 36.8. The summed E-state index contributed by atoms with van der Waals surface area (Å²) in [6, 6.07) is -5.27. The quantitative estimate of drug-likeness (QED) is 0.0409. The van der Waals surface area contributed by atoms with Crippen LogP contribution in [0.1, 0.15) is 253 Å². The van der Waals surface area contributed by atoms with Gasteiger partial charge >= 0.3 is 42.4 Å². The standard InChI is InChI=1S/C28H52N2O3.C19H34N2O4.C11H13N3O6.C7H7F3N2O3.C6H8N2O3/c1-3-5-7-9-11-13-15-17-19-21-23-29-26(31)25-27(32)30(28(29)33)24-22-20-18-16-14-12-10-8-6-4-2;1-3-4-5-6-7-8-9-10-11-12-14-25-15-13-21-18(23)16-17(22)20(2)19(21)24;1-11(2)8(17)14(10(19)20-11)5-6(15)12(3)9(18)13(4)7(5)16;1-11-4(13)2-5(14)12(6(11)15)3-7(8,9)10;1-7-4(9)3-5(10)8(2)6(7)11/h3-25H2,1-2H3;3-16H2,1-2H3;5H,1-4H3;2-3H2,1H3;3H2,1-2H3. The highest BCUT2D eigenvalue weighted by molar-refractivity contribution is 6.23. The number of likely N-dealkylation sites (N-methyl/N-ethyl adjacent to an activating group) is 2. The summed E-state index contributed by atoms with van der Waals surface area (Å²) in [5.41, 5.74) is -1.45. The van der Waals surface area contributed by atoms with Crippen LogP contribution < -0.4 is 0 Å². The molecule has 0 aromatic carbocycles. The second-order valence-electron chi connectivity index (χ2n) is 27.1. The van der Waals surface area contributed by atoms with Gasteiger partial charge in [0.15, 0.2) is 5.60 Å². The number of hydrogen-bond donors (Lipinski definition) is 0. The van der Waals surface area contributed by atoms with Crippen molar-refractivity contribution in [1.82, 2.24) is 53.9 Å². The average Bonchev–Trinajstić information content (AvgIpc) is 1.56. The first kappa shape index (κ1) is 91.8. The molecule has 6 heterocycles. The second-order valence-corrected chi connectivity index (χ2v) is 27.1. The molecule has 6 aliphatic heterocycles. The van der Waals surface area contributed by atoms with Crippen molar-refractivity contribution in [3.05, 3.63) is 0 Å². The fourth-order valence-electron chi connectivity index (χ4n) is 11.4. The maximum Gasteiger partial charge on any atom is 0.418 e. The summed E-state index contributed by atoms with van der Waals surface area (Å²) in [7, 11) is 7.46.